The summed E-state index contributed by atoms with van der Waals surface area (Å²) in [6, 6.07) is 19.2. The monoisotopic (exact) mass is 459 g/mol. The Hall–Kier alpha value is -3.58. The molecule has 4 rings (SSSR count). The third-order valence-corrected chi connectivity index (χ3v) is 6.69. The fourth-order valence-corrected chi connectivity index (χ4v) is 4.70. The number of carbonyl (C=O) groups excluding carboxylic acids is 3. The Morgan fingerprint density at radius 3 is 2.27 bits per heavy atom. The molecule has 7 heteroatoms. The second-order valence-corrected chi connectivity index (χ2v) is 8.95. The summed E-state index contributed by atoms with van der Waals surface area (Å²) in [5.74, 6) is -0.444. The summed E-state index contributed by atoms with van der Waals surface area (Å²) >= 11 is 1.20. The highest BCUT2D eigenvalue weighted by Gasteiger charge is 2.28. The quantitative estimate of drug-likeness (QED) is 0.420. The van der Waals surface area contributed by atoms with E-state index < -0.39 is 0 Å². The predicted octanol–water partition coefficient (Wildman–Crippen LogP) is 4.90. The van der Waals surface area contributed by atoms with Crippen LogP contribution in [0.5, 0.6) is 0 Å². The molecule has 2 aromatic carbocycles. The Balaban J connectivity index is 1.35. The van der Waals surface area contributed by atoms with Crippen molar-refractivity contribution in [2.24, 2.45) is 5.92 Å². The molecule has 0 saturated carbocycles. The number of rotatable bonds is 6. The molecule has 0 unspecified atom stereocenters. The minimum absolute atomic E-state index is 0.0452. The van der Waals surface area contributed by atoms with E-state index in [2.05, 4.69) is 10.3 Å². The standard InChI is InChI=1S/C26H25N3O3S/c1-18(30)24-23(20-10-6-3-7-11-20)27-26(33-24)28-25(32)21-14-16-29(17-15-21)22(31)13-12-19-8-4-2-5-9-19/h2-13,21H,14-17H2,1H3,(H,27,28,32)/b13-12+. The molecule has 0 spiro atoms. The van der Waals surface area contributed by atoms with Gasteiger partial charge in [0.15, 0.2) is 10.9 Å². The molecule has 2 heterocycles. The molecule has 168 valence electrons. The predicted molar refractivity (Wildman–Crippen MR) is 131 cm³/mol. The Morgan fingerprint density at radius 1 is 1.00 bits per heavy atom. The number of carbonyl (C=O) groups is 3. The van der Waals surface area contributed by atoms with Gasteiger partial charge in [0.05, 0.1) is 10.6 Å². The van der Waals surface area contributed by atoms with Crippen LogP contribution < -0.4 is 5.32 Å². The van der Waals surface area contributed by atoms with E-state index >= 15 is 0 Å². The molecular weight excluding hydrogens is 434 g/mol. The lowest BCUT2D eigenvalue weighted by molar-refractivity contribution is -0.130. The van der Waals surface area contributed by atoms with E-state index in [4.69, 9.17) is 0 Å². The number of likely N-dealkylation sites (tertiary alicyclic amines) is 1. The molecule has 1 fully saturated rings. The molecule has 0 aliphatic carbocycles. The molecule has 1 aromatic heterocycles. The average Bonchev–Trinajstić information content (AvgIpc) is 3.28. The van der Waals surface area contributed by atoms with Crippen LogP contribution >= 0.6 is 11.3 Å². The van der Waals surface area contributed by atoms with Crippen LogP contribution in [0.2, 0.25) is 0 Å². The highest BCUT2D eigenvalue weighted by Crippen LogP contribution is 2.32. The van der Waals surface area contributed by atoms with Crippen molar-refractivity contribution in [2.75, 3.05) is 18.4 Å². The second-order valence-electron chi connectivity index (χ2n) is 7.95. The molecule has 1 N–H and O–H groups in total. The first kappa shape index (κ1) is 22.6. The van der Waals surface area contributed by atoms with Gasteiger partial charge in [0.25, 0.3) is 0 Å². The molecule has 1 aliphatic heterocycles. The van der Waals surface area contributed by atoms with Crippen molar-refractivity contribution in [1.82, 2.24) is 9.88 Å². The zero-order valence-corrected chi connectivity index (χ0v) is 19.2. The number of thiazole rings is 1. The SMILES string of the molecule is CC(=O)c1sc(NC(=O)C2CCN(C(=O)/C=C/c3ccccc3)CC2)nc1-c1ccccc1. The van der Waals surface area contributed by atoms with Gasteiger partial charge in [-0.2, -0.15) is 0 Å². The van der Waals surface area contributed by atoms with Crippen LogP contribution in [0, 0.1) is 5.92 Å². The van der Waals surface area contributed by atoms with Crippen molar-refractivity contribution < 1.29 is 14.4 Å². The van der Waals surface area contributed by atoms with Crippen LogP contribution in [0.4, 0.5) is 5.13 Å². The molecule has 33 heavy (non-hydrogen) atoms. The molecule has 3 aromatic rings. The zero-order chi connectivity index (χ0) is 23.2. The number of amides is 2. The molecule has 2 amide bonds. The maximum absolute atomic E-state index is 12.8. The molecule has 1 saturated heterocycles. The van der Waals surface area contributed by atoms with E-state index in [1.54, 1.807) is 17.1 Å². The number of piperidine rings is 1. The van der Waals surface area contributed by atoms with Gasteiger partial charge in [-0.25, -0.2) is 4.98 Å². The third-order valence-electron chi connectivity index (χ3n) is 5.62. The van der Waals surface area contributed by atoms with Gasteiger partial charge in [0.2, 0.25) is 11.8 Å². The van der Waals surface area contributed by atoms with Crippen LogP contribution in [0.1, 0.15) is 35.0 Å². The van der Waals surface area contributed by atoms with Gasteiger partial charge in [0, 0.05) is 37.6 Å². The summed E-state index contributed by atoms with van der Waals surface area (Å²) in [6.07, 6.45) is 4.57. The van der Waals surface area contributed by atoms with Crippen molar-refractivity contribution >= 4 is 40.1 Å². The summed E-state index contributed by atoms with van der Waals surface area (Å²) in [6.45, 7) is 2.56. The summed E-state index contributed by atoms with van der Waals surface area (Å²) in [4.78, 5) is 44.2. The van der Waals surface area contributed by atoms with E-state index in [9.17, 15) is 14.4 Å². The first-order chi connectivity index (χ1) is 16.0. The normalized spacial score (nSPS) is 14.4. The molecular formula is C26H25N3O3S. The number of benzene rings is 2. The zero-order valence-electron chi connectivity index (χ0n) is 18.4. The van der Waals surface area contributed by atoms with E-state index in [1.807, 2.05) is 60.7 Å². The summed E-state index contributed by atoms with van der Waals surface area (Å²) < 4.78 is 0. The van der Waals surface area contributed by atoms with Crippen molar-refractivity contribution in [3.63, 3.8) is 0 Å². The highest BCUT2D eigenvalue weighted by atomic mass is 32.1. The molecule has 1 aliphatic rings. The summed E-state index contributed by atoms with van der Waals surface area (Å²) in [5.41, 5.74) is 2.41. The first-order valence-corrected chi connectivity index (χ1v) is 11.7. The number of nitrogens with one attached hydrogen (secondary N) is 1. The number of Topliss-reactive ketones (excluding diaryl/α,β-unsaturated/α-hetero) is 1. The summed E-state index contributed by atoms with van der Waals surface area (Å²) in [7, 11) is 0. The van der Waals surface area contributed by atoms with E-state index in [0.717, 1.165) is 11.1 Å². The van der Waals surface area contributed by atoms with Crippen molar-refractivity contribution in [3.05, 3.63) is 77.2 Å². The number of anilines is 1. The minimum Gasteiger partial charge on any atom is -0.339 e. The van der Waals surface area contributed by atoms with Gasteiger partial charge in [0.1, 0.15) is 0 Å². The Morgan fingerprint density at radius 2 is 1.64 bits per heavy atom. The van der Waals surface area contributed by atoms with Crippen LogP contribution in [0.15, 0.2) is 66.7 Å². The van der Waals surface area contributed by atoms with Gasteiger partial charge < -0.3 is 10.2 Å². The Labute approximate surface area is 197 Å². The van der Waals surface area contributed by atoms with Gasteiger partial charge in [-0.1, -0.05) is 72.0 Å². The minimum atomic E-state index is -0.197. The van der Waals surface area contributed by atoms with Gasteiger partial charge in [-0.15, -0.1) is 0 Å². The highest BCUT2D eigenvalue weighted by molar-refractivity contribution is 7.18. The molecule has 0 atom stereocenters. The van der Waals surface area contributed by atoms with Crippen molar-refractivity contribution in [3.8, 4) is 11.3 Å². The van der Waals surface area contributed by atoms with Gasteiger partial charge >= 0.3 is 0 Å². The van der Waals surface area contributed by atoms with E-state index in [0.29, 0.717) is 41.6 Å². The van der Waals surface area contributed by atoms with Gasteiger partial charge in [-0.05, 0) is 24.5 Å². The molecule has 0 bridgehead atoms. The number of ketones is 1. The van der Waals surface area contributed by atoms with E-state index in [1.165, 1.54) is 18.3 Å². The van der Waals surface area contributed by atoms with Crippen LogP contribution in [-0.4, -0.2) is 40.6 Å². The summed E-state index contributed by atoms with van der Waals surface area (Å²) in [5, 5.41) is 3.31. The number of aromatic nitrogens is 1. The maximum Gasteiger partial charge on any atom is 0.246 e. The number of hydrogen-bond donors (Lipinski definition) is 1. The fourth-order valence-electron chi connectivity index (χ4n) is 3.81. The topological polar surface area (TPSA) is 79.4 Å². The number of nitrogens with zero attached hydrogens (tertiary/aromatic N) is 2. The molecule has 6 nitrogen and oxygen atoms in total. The van der Waals surface area contributed by atoms with Crippen molar-refractivity contribution in [1.29, 1.82) is 0 Å². The lowest BCUT2D eigenvalue weighted by Gasteiger charge is -2.30. The lowest BCUT2D eigenvalue weighted by atomic mass is 9.96. The average molecular weight is 460 g/mol. The number of hydrogen-bond acceptors (Lipinski definition) is 5. The van der Waals surface area contributed by atoms with Gasteiger partial charge in [-0.3, -0.25) is 14.4 Å². The van der Waals surface area contributed by atoms with Crippen LogP contribution in [0.25, 0.3) is 17.3 Å². The Bertz CT molecular complexity index is 1160. The van der Waals surface area contributed by atoms with Crippen LogP contribution in [-0.2, 0) is 9.59 Å². The largest absolute Gasteiger partial charge is 0.339 e. The van der Waals surface area contributed by atoms with Crippen LogP contribution in [0.3, 0.4) is 0 Å². The Kier molecular flexibility index (Phi) is 7.10. The first-order valence-electron chi connectivity index (χ1n) is 10.9. The lowest BCUT2D eigenvalue weighted by Crippen LogP contribution is -2.40. The van der Waals surface area contributed by atoms with E-state index in [-0.39, 0.29) is 23.5 Å². The molecule has 0 radical (unpaired) electrons. The fraction of sp³-hybridized carbons (Fsp3) is 0.231. The smallest absolute Gasteiger partial charge is 0.246 e. The third kappa shape index (κ3) is 5.62. The van der Waals surface area contributed by atoms with Crippen molar-refractivity contribution in [2.45, 2.75) is 19.8 Å². The maximum atomic E-state index is 12.8. The second kappa shape index (κ2) is 10.4.